The van der Waals surface area contributed by atoms with Crippen molar-refractivity contribution in [2.45, 2.75) is 32.9 Å². The molecule has 114 valence electrons. The van der Waals surface area contributed by atoms with Gasteiger partial charge in [-0.3, -0.25) is 9.59 Å². The molecule has 2 aromatic heterocycles. The fourth-order valence-corrected chi connectivity index (χ4v) is 1.84. The van der Waals surface area contributed by atoms with Crippen LogP contribution in [0.1, 0.15) is 19.4 Å². The zero-order chi connectivity index (χ0) is 15.6. The first-order valence-electron chi connectivity index (χ1n) is 6.54. The number of rotatable bonds is 5. The fourth-order valence-electron chi connectivity index (χ4n) is 1.84. The summed E-state index contributed by atoms with van der Waals surface area (Å²) in [4.78, 5) is 25.6. The number of fused-ring (bicyclic) bond motifs is 1. The summed E-state index contributed by atoms with van der Waals surface area (Å²) in [5.41, 5.74) is 6.28. The summed E-state index contributed by atoms with van der Waals surface area (Å²) in [5.74, 6) is 0.0332. The normalized spacial score (nSPS) is 13.9. The van der Waals surface area contributed by atoms with Crippen LogP contribution in [-0.2, 0) is 9.53 Å². The molecule has 3 N–H and O–H groups in total. The number of carbonyl (C=O) groups excluding carboxylic acids is 1. The highest BCUT2D eigenvalue weighted by atomic mass is 16.6. The van der Waals surface area contributed by atoms with Gasteiger partial charge in [0.15, 0.2) is 0 Å². The molecule has 0 aliphatic carbocycles. The van der Waals surface area contributed by atoms with Crippen molar-refractivity contribution in [2.75, 3.05) is 6.61 Å². The van der Waals surface area contributed by atoms with Gasteiger partial charge in [-0.25, -0.2) is 4.52 Å². The first-order chi connectivity index (χ1) is 9.90. The van der Waals surface area contributed by atoms with E-state index in [1.807, 2.05) is 0 Å². The SMILES string of the molecule is Cc1c(OC[C@@H](C)OC(=O)[C@@H](C)N)cn2nc[nH]c(=O)c12. The van der Waals surface area contributed by atoms with E-state index in [0.29, 0.717) is 16.8 Å². The third kappa shape index (κ3) is 3.22. The van der Waals surface area contributed by atoms with Crippen LogP contribution in [0.2, 0.25) is 0 Å². The minimum Gasteiger partial charge on any atom is -0.488 e. The molecule has 21 heavy (non-hydrogen) atoms. The van der Waals surface area contributed by atoms with Crippen molar-refractivity contribution in [3.63, 3.8) is 0 Å². The molecule has 0 spiro atoms. The monoisotopic (exact) mass is 294 g/mol. The van der Waals surface area contributed by atoms with Gasteiger partial charge in [-0.1, -0.05) is 0 Å². The standard InChI is InChI=1S/C13H18N4O4/c1-7(21-13(19)9(3)14)5-20-10-4-17-11(8(10)2)12(18)15-6-16-17/h4,6-7,9H,5,14H2,1-3H3,(H,15,16,18)/t7-,9-/m1/s1. The Bertz CT molecular complexity index is 704. The molecule has 2 atom stereocenters. The van der Waals surface area contributed by atoms with Gasteiger partial charge in [-0.15, -0.1) is 0 Å². The topological polar surface area (TPSA) is 112 Å². The number of aromatic nitrogens is 3. The van der Waals surface area contributed by atoms with Gasteiger partial charge in [0.05, 0.1) is 6.20 Å². The minimum absolute atomic E-state index is 0.161. The Labute approximate surface area is 120 Å². The number of esters is 1. The summed E-state index contributed by atoms with van der Waals surface area (Å²) in [6, 6.07) is -0.672. The molecule has 2 heterocycles. The van der Waals surface area contributed by atoms with E-state index in [-0.39, 0.29) is 12.2 Å². The van der Waals surface area contributed by atoms with E-state index >= 15 is 0 Å². The summed E-state index contributed by atoms with van der Waals surface area (Å²) >= 11 is 0. The van der Waals surface area contributed by atoms with Gasteiger partial charge in [-0.2, -0.15) is 5.10 Å². The molecule has 0 aliphatic rings. The summed E-state index contributed by atoms with van der Waals surface area (Å²) in [6.07, 6.45) is 2.48. The van der Waals surface area contributed by atoms with Crippen molar-refractivity contribution < 1.29 is 14.3 Å². The van der Waals surface area contributed by atoms with Gasteiger partial charge in [0, 0.05) is 5.56 Å². The highest BCUT2D eigenvalue weighted by Crippen LogP contribution is 2.21. The van der Waals surface area contributed by atoms with Crippen LogP contribution >= 0.6 is 0 Å². The van der Waals surface area contributed by atoms with Crippen molar-refractivity contribution in [2.24, 2.45) is 5.73 Å². The molecular weight excluding hydrogens is 276 g/mol. The summed E-state index contributed by atoms with van der Waals surface area (Å²) in [5, 5.41) is 4.00. The second-order valence-electron chi connectivity index (χ2n) is 4.88. The third-order valence-corrected chi connectivity index (χ3v) is 2.95. The number of hydrogen-bond acceptors (Lipinski definition) is 6. The number of H-pyrrole nitrogens is 1. The van der Waals surface area contributed by atoms with E-state index in [1.165, 1.54) is 10.8 Å². The lowest BCUT2D eigenvalue weighted by Gasteiger charge is -2.15. The van der Waals surface area contributed by atoms with E-state index in [9.17, 15) is 9.59 Å². The highest BCUT2D eigenvalue weighted by molar-refractivity contribution is 5.75. The number of hydrogen-bond donors (Lipinski definition) is 2. The van der Waals surface area contributed by atoms with Crippen LogP contribution in [-0.4, -0.2) is 39.3 Å². The lowest BCUT2D eigenvalue weighted by molar-refractivity contribution is -0.150. The molecule has 0 saturated heterocycles. The Morgan fingerprint density at radius 2 is 2.24 bits per heavy atom. The summed E-state index contributed by atoms with van der Waals surface area (Å²) in [6.45, 7) is 5.18. The zero-order valence-corrected chi connectivity index (χ0v) is 12.1. The Hall–Kier alpha value is -2.35. The van der Waals surface area contributed by atoms with Crippen molar-refractivity contribution in [3.8, 4) is 5.75 Å². The Kier molecular flexibility index (Phi) is 4.27. The van der Waals surface area contributed by atoms with Gasteiger partial charge in [0.2, 0.25) is 0 Å². The van der Waals surface area contributed by atoms with Gasteiger partial charge in [0.25, 0.3) is 5.56 Å². The van der Waals surface area contributed by atoms with E-state index in [4.69, 9.17) is 15.2 Å². The maximum absolute atomic E-state index is 11.7. The van der Waals surface area contributed by atoms with Crippen LogP contribution in [0.4, 0.5) is 0 Å². The van der Waals surface area contributed by atoms with Gasteiger partial charge < -0.3 is 20.2 Å². The maximum Gasteiger partial charge on any atom is 0.323 e. The Balaban J connectivity index is 2.07. The molecule has 2 aromatic rings. The van der Waals surface area contributed by atoms with Crippen LogP contribution in [0.25, 0.3) is 5.52 Å². The van der Waals surface area contributed by atoms with E-state index in [1.54, 1.807) is 27.0 Å². The van der Waals surface area contributed by atoms with Crippen molar-refractivity contribution in [1.82, 2.24) is 14.6 Å². The van der Waals surface area contributed by atoms with Crippen molar-refractivity contribution in [1.29, 1.82) is 0 Å². The molecule has 8 heteroatoms. The lowest BCUT2D eigenvalue weighted by Crippen LogP contribution is -2.33. The number of nitrogens with zero attached hydrogens (tertiary/aromatic N) is 2. The van der Waals surface area contributed by atoms with E-state index in [0.717, 1.165) is 0 Å². The third-order valence-electron chi connectivity index (χ3n) is 2.95. The molecule has 0 radical (unpaired) electrons. The number of nitrogens with one attached hydrogen (secondary N) is 1. The van der Waals surface area contributed by atoms with Gasteiger partial charge in [-0.05, 0) is 20.8 Å². The second-order valence-corrected chi connectivity index (χ2v) is 4.88. The van der Waals surface area contributed by atoms with Crippen molar-refractivity contribution >= 4 is 11.5 Å². The van der Waals surface area contributed by atoms with E-state index in [2.05, 4.69) is 10.1 Å². The summed E-state index contributed by atoms with van der Waals surface area (Å²) < 4.78 is 12.1. The van der Waals surface area contributed by atoms with Gasteiger partial charge >= 0.3 is 5.97 Å². The molecule has 0 unspecified atom stereocenters. The van der Waals surface area contributed by atoms with E-state index < -0.39 is 18.1 Å². The van der Waals surface area contributed by atoms with Crippen LogP contribution in [0, 0.1) is 6.92 Å². The molecule has 0 aliphatic heterocycles. The fraction of sp³-hybridized carbons (Fsp3) is 0.462. The molecule has 0 amide bonds. The summed E-state index contributed by atoms with van der Waals surface area (Å²) in [7, 11) is 0. The first-order valence-corrected chi connectivity index (χ1v) is 6.54. The zero-order valence-electron chi connectivity index (χ0n) is 12.1. The molecule has 2 rings (SSSR count). The quantitative estimate of drug-likeness (QED) is 0.750. The molecule has 0 aromatic carbocycles. The Morgan fingerprint density at radius 1 is 1.52 bits per heavy atom. The predicted molar refractivity (Wildman–Crippen MR) is 75.2 cm³/mol. The van der Waals surface area contributed by atoms with Crippen LogP contribution in [0.5, 0.6) is 5.75 Å². The number of aromatic amines is 1. The Morgan fingerprint density at radius 3 is 2.86 bits per heavy atom. The van der Waals surface area contributed by atoms with Gasteiger partial charge in [0.1, 0.15) is 36.3 Å². The first kappa shape index (κ1) is 15.0. The predicted octanol–water partition coefficient (Wildman–Crippen LogP) is -0.0113. The average Bonchev–Trinajstić information content (AvgIpc) is 2.74. The number of carbonyl (C=O) groups is 1. The molecule has 0 bridgehead atoms. The number of nitrogens with two attached hydrogens (primary N) is 1. The van der Waals surface area contributed by atoms with Crippen LogP contribution in [0.3, 0.4) is 0 Å². The second kappa shape index (κ2) is 5.96. The number of aryl methyl sites for hydroxylation is 1. The molecule has 8 nitrogen and oxygen atoms in total. The molecular formula is C13H18N4O4. The maximum atomic E-state index is 11.7. The van der Waals surface area contributed by atoms with Crippen molar-refractivity contribution in [3.05, 3.63) is 28.4 Å². The molecule has 0 saturated carbocycles. The highest BCUT2D eigenvalue weighted by Gasteiger charge is 2.16. The molecule has 0 fully saturated rings. The number of ether oxygens (including phenoxy) is 2. The smallest absolute Gasteiger partial charge is 0.323 e. The lowest BCUT2D eigenvalue weighted by atomic mass is 10.3. The van der Waals surface area contributed by atoms with Crippen LogP contribution < -0.4 is 16.0 Å². The average molecular weight is 294 g/mol. The van der Waals surface area contributed by atoms with Crippen LogP contribution in [0.15, 0.2) is 17.3 Å². The minimum atomic E-state index is -0.672. The largest absolute Gasteiger partial charge is 0.488 e.